The van der Waals surface area contributed by atoms with E-state index in [-0.39, 0.29) is 16.7 Å². The predicted molar refractivity (Wildman–Crippen MR) is 132 cm³/mol. The molecular weight excluding hydrogens is 404 g/mol. The molecule has 5 atom stereocenters. The van der Waals surface area contributed by atoms with Crippen molar-refractivity contribution in [3.8, 4) is 0 Å². The first kappa shape index (κ1) is 28.0. The van der Waals surface area contributed by atoms with Gasteiger partial charge in [0.2, 0.25) is 0 Å². The Balaban J connectivity index is 2.60. The molecule has 1 aromatic carbocycles. The van der Waals surface area contributed by atoms with E-state index in [0.29, 0.717) is 25.6 Å². The van der Waals surface area contributed by atoms with Crippen molar-refractivity contribution in [1.29, 1.82) is 0 Å². The molecule has 0 amide bonds. The molecule has 0 heterocycles. The Morgan fingerprint density at radius 1 is 1.10 bits per heavy atom. The van der Waals surface area contributed by atoms with Crippen molar-refractivity contribution in [2.75, 3.05) is 6.61 Å². The molecule has 0 aliphatic heterocycles. The molecule has 1 aromatic rings. The molecule has 1 N–H and O–H groups in total. The molecule has 0 saturated heterocycles. The van der Waals surface area contributed by atoms with Crippen LogP contribution >= 0.6 is 0 Å². The Morgan fingerprint density at radius 2 is 1.68 bits per heavy atom. The summed E-state index contributed by atoms with van der Waals surface area (Å²) in [7, 11) is -2.04. The van der Waals surface area contributed by atoms with Crippen LogP contribution in [0.3, 0.4) is 0 Å². The number of carbonyl (C=O) groups is 1. The van der Waals surface area contributed by atoms with Crippen molar-refractivity contribution in [3.63, 3.8) is 0 Å². The van der Waals surface area contributed by atoms with Gasteiger partial charge in [-0.15, -0.1) is 0 Å². The Bertz CT molecular complexity index is 653. The standard InChI is InChI=1S/C26H46O4Si/c1-10-23(25(28)21(4)30-31(8,9)26(5,6)7)24(27)20(3)16-19(2)17-29-18-22-14-12-11-13-15-22/h11-15,19-21,23-24,27H,10,16-18H2,1-9H3/t19-,20+,21+,23-,24+/m1/s1. The zero-order chi connectivity index (χ0) is 23.8. The van der Waals surface area contributed by atoms with Gasteiger partial charge in [-0.3, -0.25) is 4.79 Å². The summed E-state index contributed by atoms with van der Waals surface area (Å²) in [6, 6.07) is 10.1. The smallest absolute Gasteiger partial charge is 0.193 e. The summed E-state index contributed by atoms with van der Waals surface area (Å²) in [5.41, 5.74) is 1.16. The van der Waals surface area contributed by atoms with Gasteiger partial charge in [-0.25, -0.2) is 0 Å². The third-order valence-corrected chi connectivity index (χ3v) is 11.3. The molecule has 0 aliphatic rings. The third-order valence-electron chi connectivity index (χ3n) is 6.77. The number of carbonyl (C=O) groups excluding carboxylic acids is 1. The highest BCUT2D eigenvalue weighted by Gasteiger charge is 2.41. The summed E-state index contributed by atoms with van der Waals surface area (Å²) >= 11 is 0. The van der Waals surface area contributed by atoms with Gasteiger partial charge in [0.25, 0.3) is 0 Å². The van der Waals surface area contributed by atoms with E-state index < -0.39 is 26.4 Å². The first-order chi connectivity index (χ1) is 14.3. The summed E-state index contributed by atoms with van der Waals surface area (Å²) in [4.78, 5) is 13.2. The Labute approximate surface area is 191 Å². The largest absolute Gasteiger partial charge is 0.407 e. The Hall–Kier alpha value is -1.01. The highest BCUT2D eigenvalue weighted by atomic mass is 28.4. The Kier molecular flexibility index (Phi) is 11.1. The summed E-state index contributed by atoms with van der Waals surface area (Å²) in [6.07, 6.45) is 0.282. The SMILES string of the molecule is CC[C@@H](C(=O)[C@H](C)O[Si](C)(C)C(C)(C)C)[C@@H](O)[C@@H](C)C[C@@H](C)COCc1ccccc1. The fourth-order valence-corrected chi connectivity index (χ4v) is 5.13. The highest BCUT2D eigenvalue weighted by Crippen LogP contribution is 2.38. The minimum Gasteiger partial charge on any atom is -0.407 e. The van der Waals surface area contributed by atoms with Gasteiger partial charge in [0.05, 0.1) is 12.7 Å². The number of aliphatic hydroxyl groups is 1. The maximum Gasteiger partial charge on any atom is 0.193 e. The lowest BCUT2D eigenvalue weighted by Crippen LogP contribution is -2.47. The molecule has 0 radical (unpaired) electrons. The van der Waals surface area contributed by atoms with Gasteiger partial charge in [-0.1, -0.05) is 71.9 Å². The number of ketones is 1. The Morgan fingerprint density at radius 3 is 2.19 bits per heavy atom. The molecule has 5 heteroatoms. The number of hydrogen-bond donors (Lipinski definition) is 1. The van der Waals surface area contributed by atoms with Gasteiger partial charge in [-0.05, 0) is 55.3 Å². The zero-order valence-corrected chi connectivity index (χ0v) is 22.3. The molecule has 0 spiro atoms. The van der Waals surface area contributed by atoms with E-state index in [1.165, 1.54) is 0 Å². The molecule has 0 saturated carbocycles. The van der Waals surface area contributed by atoms with E-state index in [4.69, 9.17) is 9.16 Å². The van der Waals surface area contributed by atoms with E-state index >= 15 is 0 Å². The van der Waals surface area contributed by atoms with Crippen molar-refractivity contribution >= 4 is 14.1 Å². The topological polar surface area (TPSA) is 55.8 Å². The molecular formula is C26H46O4Si. The molecule has 0 fully saturated rings. The average molecular weight is 451 g/mol. The lowest BCUT2D eigenvalue weighted by Gasteiger charge is -2.39. The maximum atomic E-state index is 13.2. The summed E-state index contributed by atoms with van der Waals surface area (Å²) < 4.78 is 12.2. The van der Waals surface area contributed by atoms with Gasteiger partial charge >= 0.3 is 0 Å². The molecule has 0 aliphatic carbocycles. The van der Waals surface area contributed by atoms with E-state index in [2.05, 4.69) is 52.9 Å². The number of aliphatic hydroxyl groups excluding tert-OH is 1. The number of rotatable bonds is 13. The minimum atomic E-state index is -2.04. The zero-order valence-electron chi connectivity index (χ0n) is 21.3. The van der Waals surface area contributed by atoms with Crippen molar-refractivity contribution in [2.45, 2.75) is 98.3 Å². The highest BCUT2D eigenvalue weighted by molar-refractivity contribution is 6.74. The lowest BCUT2D eigenvalue weighted by atomic mass is 9.82. The molecule has 0 bridgehead atoms. The average Bonchev–Trinajstić information content (AvgIpc) is 2.67. The monoisotopic (exact) mass is 450 g/mol. The molecule has 1 rings (SSSR count). The van der Waals surface area contributed by atoms with Crippen LogP contribution in [0.1, 0.15) is 66.9 Å². The van der Waals surface area contributed by atoms with Gasteiger partial charge in [0.1, 0.15) is 6.10 Å². The van der Waals surface area contributed by atoms with Crippen LogP contribution < -0.4 is 0 Å². The van der Waals surface area contributed by atoms with Gasteiger partial charge in [0.15, 0.2) is 14.1 Å². The van der Waals surface area contributed by atoms with Gasteiger partial charge < -0.3 is 14.3 Å². The molecule has 31 heavy (non-hydrogen) atoms. The fourth-order valence-electron chi connectivity index (χ4n) is 3.78. The minimum absolute atomic E-state index is 0.0179. The fraction of sp³-hybridized carbons (Fsp3) is 0.731. The second-order valence-electron chi connectivity index (χ2n) is 10.7. The summed E-state index contributed by atoms with van der Waals surface area (Å²) in [6.45, 7) is 20.1. The molecule has 0 aromatic heterocycles. The molecule has 178 valence electrons. The quantitative estimate of drug-likeness (QED) is 0.362. The van der Waals surface area contributed by atoms with Crippen molar-refractivity contribution < 1.29 is 19.1 Å². The summed E-state index contributed by atoms with van der Waals surface area (Å²) in [5, 5.41) is 11.0. The van der Waals surface area contributed by atoms with Crippen LogP contribution in [-0.2, 0) is 20.6 Å². The first-order valence-electron chi connectivity index (χ1n) is 11.8. The first-order valence-corrected chi connectivity index (χ1v) is 14.7. The predicted octanol–water partition coefficient (Wildman–Crippen LogP) is 6.23. The number of benzene rings is 1. The third kappa shape index (κ3) is 8.80. The number of hydrogen-bond acceptors (Lipinski definition) is 4. The number of Topliss-reactive ketones (excluding diaryl/α,β-unsaturated/α-hetero) is 1. The molecule has 4 nitrogen and oxygen atoms in total. The van der Waals surface area contributed by atoms with Gasteiger partial charge in [-0.2, -0.15) is 0 Å². The lowest BCUT2D eigenvalue weighted by molar-refractivity contribution is -0.135. The van der Waals surface area contributed by atoms with Crippen LogP contribution in [0, 0.1) is 17.8 Å². The van der Waals surface area contributed by atoms with Crippen molar-refractivity contribution in [1.82, 2.24) is 0 Å². The van der Waals surface area contributed by atoms with Gasteiger partial charge in [0, 0.05) is 12.5 Å². The van der Waals surface area contributed by atoms with E-state index in [1.54, 1.807) is 0 Å². The van der Waals surface area contributed by atoms with Crippen molar-refractivity contribution in [2.24, 2.45) is 17.8 Å². The summed E-state index contributed by atoms with van der Waals surface area (Å²) in [5.74, 6) is -0.0435. The van der Waals surface area contributed by atoms with E-state index in [1.807, 2.05) is 39.0 Å². The van der Waals surface area contributed by atoms with Crippen LogP contribution in [0.15, 0.2) is 30.3 Å². The maximum absolute atomic E-state index is 13.2. The van der Waals surface area contributed by atoms with E-state index in [9.17, 15) is 9.90 Å². The second kappa shape index (κ2) is 12.3. The van der Waals surface area contributed by atoms with Crippen LogP contribution in [0.25, 0.3) is 0 Å². The van der Waals surface area contributed by atoms with E-state index in [0.717, 1.165) is 12.0 Å². The molecule has 0 unspecified atom stereocenters. The van der Waals surface area contributed by atoms with Crippen LogP contribution in [0.4, 0.5) is 0 Å². The van der Waals surface area contributed by atoms with Crippen LogP contribution in [0.2, 0.25) is 18.1 Å². The van der Waals surface area contributed by atoms with Crippen molar-refractivity contribution in [3.05, 3.63) is 35.9 Å². The number of ether oxygens (including phenoxy) is 1. The van der Waals surface area contributed by atoms with Crippen LogP contribution in [-0.4, -0.2) is 38.0 Å². The van der Waals surface area contributed by atoms with Crippen LogP contribution in [0.5, 0.6) is 0 Å². The normalized spacial score (nSPS) is 17.6. The second-order valence-corrected chi connectivity index (χ2v) is 15.5.